The fraction of sp³-hybridized carbons (Fsp3) is 0.429. The number of nitrogens with zero attached hydrogens (tertiary/aromatic N) is 3. The molecule has 4 rings (SSSR count). The standard InChI is InChI=1S/C21H24F2N4O2/c1-25-10-2-3-17(25)12-26(15-5-6-15)20(28)13-27(16-7-8-16)21(29)24-14-4-9-18(22)19(23)11-14/h2-4,9-11,15-16H,5-8,12-13H2,1H3,(H,24,29). The second-order valence-corrected chi connectivity index (χ2v) is 7.78. The van der Waals surface area contributed by atoms with E-state index in [0.717, 1.165) is 43.5 Å². The minimum Gasteiger partial charge on any atom is -0.353 e. The maximum atomic E-state index is 13.4. The van der Waals surface area contributed by atoms with Crippen LogP contribution in [0.4, 0.5) is 19.3 Å². The molecule has 1 aromatic carbocycles. The molecule has 0 unspecified atom stereocenters. The van der Waals surface area contributed by atoms with E-state index in [-0.39, 0.29) is 30.2 Å². The van der Waals surface area contributed by atoms with Gasteiger partial charge in [0, 0.05) is 42.8 Å². The number of aromatic nitrogens is 1. The summed E-state index contributed by atoms with van der Waals surface area (Å²) < 4.78 is 28.5. The van der Waals surface area contributed by atoms with E-state index in [0.29, 0.717) is 6.54 Å². The summed E-state index contributed by atoms with van der Waals surface area (Å²) in [5, 5.41) is 2.58. The number of rotatable bonds is 7. The number of hydrogen-bond donors (Lipinski definition) is 1. The van der Waals surface area contributed by atoms with Crippen molar-refractivity contribution in [3.8, 4) is 0 Å². The Morgan fingerprint density at radius 3 is 2.34 bits per heavy atom. The van der Waals surface area contributed by atoms with Crippen LogP contribution in [-0.2, 0) is 18.4 Å². The smallest absolute Gasteiger partial charge is 0.322 e. The number of urea groups is 1. The number of benzene rings is 1. The van der Waals surface area contributed by atoms with E-state index < -0.39 is 17.7 Å². The highest BCUT2D eigenvalue weighted by atomic mass is 19.2. The summed E-state index contributed by atoms with van der Waals surface area (Å²) in [6, 6.07) is 6.87. The number of anilines is 1. The first-order valence-corrected chi connectivity index (χ1v) is 9.84. The Morgan fingerprint density at radius 1 is 1.07 bits per heavy atom. The predicted molar refractivity (Wildman–Crippen MR) is 104 cm³/mol. The monoisotopic (exact) mass is 402 g/mol. The first kappa shape index (κ1) is 19.4. The summed E-state index contributed by atoms with van der Waals surface area (Å²) in [6.45, 7) is 0.484. The first-order valence-electron chi connectivity index (χ1n) is 9.84. The summed E-state index contributed by atoms with van der Waals surface area (Å²) in [4.78, 5) is 29.1. The van der Waals surface area contributed by atoms with Crippen molar-refractivity contribution in [2.75, 3.05) is 11.9 Å². The summed E-state index contributed by atoms with van der Waals surface area (Å²) in [5.74, 6) is -2.10. The Labute approximate surface area is 168 Å². The maximum Gasteiger partial charge on any atom is 0.322 e. The Bertz CT molecular complexity index is 921. The molecule has 2 fully saturated rings. The molecule has 2 aliphatic rings. The molecule has 0 bridgehead atoms. The van der Waals surface area contributed by atoms with Crippen LogP contribution in [0.3, 0.4) is 0 Å². The van der Waals surface area contributed by atoms with Crippen LogP contribution in [0.5, 0.6) is 0 Å². The molecule has 0 saturated heterocycles. The van der Waals surface area contributed by atoms with Crippen molar-refractivity contribution in [2.24, 2.45) is 7.05 Å². The molecule has 1 aromatic heterocycles. The lowest BCUT2D eigenvalue weighted by atomic mass is 10.3. The van der Waals surface area contributed by atoms with Crippen LogP contribution in [0.1, 0.15) is 31.4 Å². The number of halogens is 2. The quantitative estimate of drug-likeness (QED) is 0.771. The van der Waals surface area contributed by atoms with Crippen molar-refractivity contribution >= 4 is 17.6 Å². The van der Waals surface area contributed by atoms with Gasteiger partial charge in [-0.2, -0.15) is 0 Å². The molecule has 2 saturated carbocycles. The van der Waals surface area contributed by atoms with Gasteiger partial charge in [-0.1, -0.05) is 0 Å². The SMILES string of the molecule is Cn1cccc1CN(C(=O)CN(C(=O)Nc1ccc(F)c(F)c1)C1CC1)C1CC1. The number of hydrogen-bond acceptors (Lipinski definition) is 2. The third kappa shape index (κ3) is 4.58. The molecule has 0 spiro atoms. The van der Waals surface area contributed by atoms with Gasteiger partial charge in [0.2, 0.25) is 5.91 Å². The van der Waals surface area contributed by atoms with E-state index >= 15 is 0 Å². The summed E-state index contributed by atoms with van der Waals surface area (Å²) in [7, 11) is 1.94. The van der Waals surface area contributed by atoms with Crippen molar-refractivity contribution in [3.05, 3.63) is 53.9 Å². The molecule has 3 amide bonds. The zero-order valence-electron chi connectivity index (χ0n) is 16.3. The highest BCUT2D eigenvalue weighted by molar-refractivity contribution is 5.93. The molecule has 0 aliphatic heterocycles. The van der Waals surface area contributed by atoms with Gasteiger partial charge in [-0.15, -0.1) is 0 Å². The van der Waals surface area contributed by atoms with Crippen molar-refractivity contribution in [1.82, 2.24) is 14.4 Å². The van der Waals surface area contributed by atoms with Crippen LogP contribution in [0, 0.1) is 11.6 Å². The molecule has 6 nitrogen and oxygen atoms in total. The molecular weight excluding hydrogens is 378 g/mol. The second kappa shape index (κ2) is 7.85. The van der Waals surface area contributed by atoms with E-state index in [1.165, 1.54) is 11.0 Å². The van der Waals surface area contributed by atoms with Gasteiger partial charge in [0.25, 0.3) is 0 Å². The molecule has 0 radical (unpaired) electrons. The highest BCUT2D eigenvalue weighted by Crippen LogP contribution is 2.31. The van der Waals surface area contributed by atoms with Gasteiger partial charge in [0.15, 0.2) is 11.6 Å². The summed E-state index contributed by atoms with van der Waals surface area (Å²) in [5.41, 5.74) is 1.20. The molecular formula is C21H24F2N4O2. The van der Waals surface area contributed by atoms with Gasteiger partial charge in [0.1, 0.15) is 6.54 Å². The van der Waals surface area contributed by atoms with Crippen LogP contribution in [0.25, 0.3) is 0 Å². The van der Waals surface area contributed by atoms with E-state index in [4.69, 9.17) is 0 Å². The zero-order valence-corrected chi connectivity index (χ0v) is 16.3. The number of carbonyl (C=O) groups excluding carboxylic acids is 2. The van der Waals surface area contributed by atoms with E-state index in [2.05, 4.69) is 5.32 Å². The van der Waals surface area contributed by atoms with Gasteiger partial charge in [-0.05, 0) is 49.9 Å². The third-order valence-corrected chi connectivity index (χ3v) is 5.42. The minimum atomic E-state index is -1.03. The Kier molecular flexibility index (Phi) is 5.25. The van der Waals surface area contributed by atoms with Crippen LogP contribution in [0.15, 0.2) is 36.5 Å². The highest BCUT2D eigenvalue weighted by Gasteiger charge is 2.38. The van der Waals surface area contributed by atoms with Crippen molar-refractivity contribution in [2.45, 2.75) is 44.3 Å². The van der Waals surface area contributed by atoms with Crippen molar-refractivity contribution < 1.29 is 18.4 Å². The Balaban J connectivity index is 1.44. The molecule has 1 heterocycles. The largest absolute Gasteiger partial charge is 0.353 e. The molecule has 29 heavy (non-hydrogen) atoms. The average molecular weight is 402 g/mol. The molecule has 154 valence electrons. The fourth-order valence-electron chi connectivity index (χ4n) is 3.40. The molecule has 8 heteroatoms. The van der Waals surface area contributed by atoms with Gasteiger partial charge in [-0.3, -0.25) is 4.79 Å². The van der Waals surface area contributed by atoms with Crippen molar-refractivity contribution in [3.63, 3.8) is 0 Å². The van der Waals surface area contributed by atoms with Gasteiger partial charge < -0.3 is 19.7 Å². The predicted octanol–water partition coefficient (Wildman–Crippen LogP) is 3.49. The Hall–Kier alpha value is -2.90. The molecule has 2 aliphatic carbocycles. The third-order valence-electron chi connectivity index (χ3n) is 5.42. The van der Waals surface area contributed by atoms with Gasteiger partial charge >= 0.3 is 6.03 Å². The van der Waals surface area contributed by atoms with Crippen LogP contribution in [-0.4, -0.2) is 44.9 Å². The van der Waals surface area contributed by atoms with Gasteiger partial charge in [0.05, 0.1) is 6.54 Å². The van der Waals surface area contributed by atoms with Crippen LogP contribution >= 0.6 is 0 Å². The molecule has 2 aromatic rings. The minimum absolute atomic E-state index is 0.000310. The lowest BCUT2D eigenvalue weighted by molar-refractivity contribution is -0.133. The second-order valence-electron chi connectivity index (χ2n) is 7.78. The fourth-order valence-corrected chi connectivity index (χ4v) is 3.40. The zero-order chi connectivity index (χ0) is 20.5. The number of nitrogens with one attached hydrogen (secondary N) is 1. The molecule has 1 N–H and O–H groups in total. The average Bonchev–Trinajstić information content (AvgIpc) is 3.60. The van der Waals surface area contributed by atoms with Crippen LogP contribution in [0.2, 0.25) is 0 Å². The normalized spacial score (nSPS) is 15.8. The number of carbonyl (C=O) groups is 2. The topological polar surface area (TPSA) is 57.6 Å². The van der Waals surface area contributed by atoms with E-state index in [1.807, 2.05) is 34.8 Å². The Morgan fingerprint density at radius 2 is 1.76 bits per heavy atom. The maximum absolute atomic E-state index is 13.4. The summed E-state index contributed by atoms with van der Waals surface area (Å²) >= 11 is 0. The first-order chi connectivity index (χ1) is 13.9. The summed E-state index contributed by atoms with van der Waals surface area (Å²) in [6.07, 6.45) is 5.55. The molecule has 0 atom stereocenters. The number of aryl methyl sites for hydroxylation is 1. The van der Waals surface area contributed by atoms with E-state index in [9.17, 15) is 18.4 Å². The van der Waals surface area contributed by atoms with E-state index in [1.54, 1.807) is 0 Å². The number of amides is 3. The van der Waals surface area contributed by atoms with Crippen molar-refractivity contribution in [1.29, 1.82) is 0 Å². The lowest BCUT2D eigenvalue weighted by Gasteiger charge is -2.28. The van der Waals surface area contributed by atoms with Gasteiger partial charge in [-0.25, -0.2) is 13.6 Å². The lowest BCUT2D eigenvalue weighted by Crippen LogP contribution is -2.46. The van der Waals surface area contributed by atoms with Crippen LogP contribution < -0.4 is 5.32 Å².